The lowest BCUT2D eigenvalue weighted by Gasteiger charge is -2.25. The highest BCUT2D eigenvalue weighted by Crippen LogP contribution is 2.21. The van der Waals surface area contributed by atoms with Gasteiger partial charge in [-0.15, -0.1) is 11.3 Å². The van der Waals surface area contributed by atoms with Crippen LogP contribution in [0.5, 0.6) is 0 Å². The molecule has 0 amide bonds. The van der Waals surface area contributed by atoms with Crippen LogP contribution in [0.4, 0.5) is 5.69 Å². The van der Waals surface area contributed by atoms with Crippen molar-refractivity contribution in [3.63, 3.8) is 0 Å². The molecule has 22 heavy (non-hydrogen) atoms. The first-order chi connectivity index (χ1) is 10.7. The molecule has 0 unspecified atom stereocenters. The summed E-state index contributed by atoms with van der Waals surface area (Å²) >= 11 is 1.76. The fraction of sp³-hybridized carbons (Fsp3) is 0.500. The number of rotatable bonds is 4. The minimum Gasteiger partial charge on any atom is -0.370 e. The fourth-order valence-electron chi connectivity index (χ4n) is 3.15. The van der Waals surface area contributed by atoms with Crippen LogP contribution < -0.4 is 4.90 Å². The maximum absolute atomic E-state index is 4.57. The summed E-state index contributed by atoms with van der Waals surface area (Å²) in [4.78, 5) is 9.71. The van der Waals surface area contributed by atoms with Crippen molar-refractivity contribution in [1.82, 2.24) is 9.88 Å². The molecule has 1 aromatic heterocycles. The zero-order chi connectivity index (χ0) is 15.4. The monoisotopic (exact) mass is 315 g/mol. The standard InChI is InChI=1S/C18H25N3S/c1-15-6-3-4-7-18(15)21-10-5-9-20(12-13-21)11-8-17-14-22-16(2)19-17/h3-4,6-7,14H,5,8-13H2,1-2H3. The van der Waals surface area contributed by atoms with E-state index in [1.54, 1.807) is 11.3 Å². The van der Waals surface area contributed by atoms with Crippen molar-refractivity contribution in [3.05, 3.63) is 45.9 Å². The smallest absolute Gasteiger partial charge is 0.0897 e. The summed E-state index contributed by atoms with van der Waals surface area (Å²) in [5, 5.41) is 3.38. The Morgan fingerprint density at radius 2 is 1.95 bits per heavy atom. The molecule has 118 valence electrons. The average Bonchev–Trinajstić information content (AvgIpc) is 2.80. The van der Waals surface area contributed by atoms with E-state index in [9.17, 15) is 0 Å². The van der Waals surface area contributed by atoms with E-state index in [-0.39, 0.29) is 0 Å². The van der Waals surface area contributed by atoms with Gasteiger partial charge in [0.2, 0.25) is 0 Å². The fourth-order valence-corrected chi connectivity index (χ4v) is 3.80. The molecule has 2 aromatic rings. The van der Waals surface area contributed by atoms with Gasteiger partial charge in [-0.2, -0.15) is 0 Å². The normalized spacial score (nSPS) is 16.7. The molecule has 0 spiro atoms. The molecule has 0 aliphatic carbocycles. The number of hydrogen-bond donors (Lipinski definition) is 0. The molecule has 1 fully saturated rings. The van der Waals surface area contributed by atoms with E-state index in [4.69, 9.17) is 0 Å². The van der Waals surface area contributed by atoms with Gasteiger partial charge in [-0.1, -0.05) is 18.2 Å². The molecule has 1 saturated heterocycles. The van der Waals surface area contributed by atoms with Gasteiger partial charge in [0.1, 0.15) is 0 Å². The first-order valence-corrected chi connectivity index (χ1v) is 9.04. The summed E-state index contributed by atoms with van der Waals surface area (Å²) in [6.07, 6.45) is 2.32. The quantitative estimate of drug-likeness (QED) is 0.860. The van der Waals surface area contributed by atoms with E-state index in [1.165, 1.54) is 34.9 Å². The Balaban J connectivity index is 1.55. The zero-order valence-corrected chi connectivity index (χ0v) is 14.4. The Hall–Kier alpha value is -1.39. The number of hydrogen-bond acceptors (Lipinski definition) is 4. The van der Waals surface area contributed by atoms with Crippen LogP contribution in [0.1, 0.15) is 22.7 Å². The van der Waals surface area contributed by atoms with Gasteiger partial charge in [-0.25, -0.2) is 4.98 Å². The molecule has 0 radical (unpaired) electrons. The number of aromatic nitrogens is 1. The van der Waals surface area contributed by atoms with Crippen LogP contribution in [0.25, 0.3) is 0 Å². The van der Waals surface area contributed by atoms with Crippen molar-refractivity contribution in [2.45, 2.75) is 26.7 Å². The van der Waals surface area contributed by atoms with Crippen LogP contribution in [-0.4, -0.2) is 42.6 Å². The van der Waals surface area contributed by atoms with E-state index in [0.717, 1.165) is 32.6 Å². The molecule has 0 bridgehead atoms. The maximum atomic E-state index is 4.57. The highest BCUT2D eigenvalue weighted by molar-refractivity contribution is 7.09. The molecule has 4 heteroatoms. The number of benzene rings is 1. The molecule has 2 heterocycles. The van der Waals surface area contributed by atoms with Gasteiger partial charge in [-0.05, 0) is 38.4 Å². The molecule has 0 atom stereocenters. The van der Waals surface area contributed by atoms with E-state index in [2.05, 4.69) is 58.3 Å². The summed E-state index contributed by atoms with van der Waals surface area (Å²) in [5.74, 6) is 0. The van der Waals surface area contributed by atoms with Crippen molar-refractivity contribution >= 4 is 17.0 Å². The van der Waals surface area contributed by atoms with Crippen molar-refractivity contribution in [1.29, 1.82) is 0 Å². The first-order valence-electron chi connectivity index (χ1n) is 8.16. The molecule has 1 aliphatic rings. The lowest BCUT2D eigenvalue weighted by Crippen LogP contribution is -2.32. The Morgan fingerprint density at radius 1 is 1.09 bits per heavy atom. The number of aryl methyl sites for hydroxylation is 2. The lowest BCUT2D eigenvalue weighted by atomic mass is 10.2. The Labute approximate surface area is 137 Å². The van der Waals surface area contributed by atoms with Crippen LogP contribution >= 0.6 is 11.3 Å². The van der Waals surface area contributed by atoms with Gasteiger partial charge < -0.3 is 9.80 Å². The lowest BCUT2D eigenvalue weighted by molar-refractivity contribution is 0.296. The first kappa shape index (κ1) is 15.5. The van der Waals surface area contributed by atoms with E-state index < -0.39 is 0 Å². The molecule has 1 aromatic carbocycles. The highest BCUT2D eigenvalue weighted by Gasteiger charge is 2.16. The van der Waals surface area contributed by atoms with E-state index in [0.29, 0.717) is 0 Å². The largest absolute Gasteiger partial charge is 0.370 e. The maximum Gasteiger partial charge on any atom is 0.0897 e. The molecular formula is C18H25N3S. The van der Waals surface area contributed by atoms with E-state index >= 15 is 0 Å². The molecule has 3 nitrogen and oxygen atoms in total. The van der Waals surface area contributed by atoms with Gasteiger partial charge in [0, 0.05) is 43.7 Å². The minimum atomic E-state index is 1.08. The van der Waals surface area contributed by atoms with Crippen molar-refractivity contribution < 1.29 is 0 Å². The Bertz CT molecular complexity index is 608. The summed E-state index contributed by atoms with van der Waals surface area (Å²) in [6.45, 7) is 10.1. The SMILES string of the molecule is Cc1nc(CCN2CCCN(c3ccccc3C)CC2)cs1. The van der Waals surface area contributed by atoms with Crippen LogP contribution in [0, 0.1) is 13.8 Å². The summed E-state index contributed by atoms with van der Waals surface area (Å²) in [6, 6.07) is 8.74. The van der Waals surface area contributed by atoms with Gasteiger partial charge in [-0.3, -0.25) is 0 Å². The third-order valence-electron chi connectivity index (χ3n) is 4.40. The molecule has 3 rings (SSSR count). The Morgan fingerprint density at radius 3 is 2.73 bits per heavy atom. The number of nitrogens with zero attached hydrogens (tertiary/aromatic N) is 3. The minimum absolute atomic E-state index is 1.08. The summed E-state index contributed by atoms with van der Waals surface area (Å²) in [5.41, 5.74) is 4.04. The summed E-state index contributed by atoms with van der Waals surface area (Å²) < 4.78 is 0. The number of anilines is 1. The van der Waals surface area contributed by atoms with Gasteiger partial charge in [0.05, 0.1) is 10.7 Å². The number of thiazole rings is 1. The van der Waals surface area contributed by atoms with Gasteiger partial charge in [0.15, 0.2) is 0 Å². The van der Waals surface area contributed by atoms with Crippen LogP contribution in [-0.2, 0) is 6.42 Å². The topological polar surface area (TPSA) is 19.4 Å². The summed E-state index contributed by atoms with van der Waals surface area (Å²) in [7, 11) is 0. The van der Waals surface area contributed by atoms with Crippen molar-refractivity contribution in [3.8, 4) is 0 Å². The van der Waals surface area contributed by atoms with Gasteiger partial charge in [0.25, 0.3) is 0 Å². The average molecular weight is 315 g/mol. The van der Waals surface area contributed by atoms with Crippen LogP contribution in [0.3, 0.4) is 0 Å². The van der Waals surface area contributed by atoms with Crippen molar-refractivity contribution in [2.75, 3.05) is 37.6 Å². The molecule has 0 N–H and O–H groups in total. The second kappa shape index (κ2) is 7.25. The van der Waals surface area contributed by atoms with Crippen LogP contribution in [0.2, 0.25) is 0 Å². The molecule has 1 aliphatic heterocycles. The second-order valence-corrected chi connectivity index (χ2v) is 7.14. The molecule has 0 saturated carbocycles. The highest BCUT2D eigenvalue weighted by atomic mass is 32.1. The third kappa shape index (κ3) is 3.87. The van der Waals surface area contributed by atoms with Gasteiger partial charge >= 0.3 is 0 Å². The predicted molar refractivity (Wildman–Crippen MR) is 95.0 cm³/mol. The molecular weight excluding hydrogens is 290 g/mol. The van der Waals surface area contributed by atoms with E-state index in [1.807, 2.05) is 0 Å². The third-order valence-corrected chi connectivity index (χ3v) is 5.22. The second-order valence-electron chi connectivity index (χ2n) is 6.08. The van der Waals surface area contributed by atoms with Crippen LogP contribution in [0.15, 0.2) is 29.6 Å². The van der Waals surface area contributed by atoms with Crippen molar-refractivity contribution in [2.24, 2.45) is 0 Å². The Kier molecular flexibility index (Phi) is 5.11. The number of para-hydroxylation sites is 1. The zero-order valence-electron chi connectivity index (χ0n) is 13.6. The predicted octanol–water partition coefficient (Wildman–Crippen LogP) is 3.51.